The summed E-state index contributed by atoms with van der Waals surface area (Å²) >= 11 is 0. The molecule has 25 heavy (non-hydrogen) atoms. The maximum absolute atomic E-state index is 13.7. The number of hydrogen-bond acceptors (Lipinski definition) is 3. The highest BCUT2D eigenvalue weighted by Gasteiger charge is 2.33. The van der Waals surface area contributed by atoms with Crippen molar-refractivity contribution in [3.63, 3.8) is 0 Å². The van der Waals surface area contributed by atoms with Crippen molar-refractivity contribution in [2.24, 2.45) is 0 Å². The molecule has 0 aromatic heterocycles. The van der Waals surface area contributed by atoms with Gasteiger partial charge in [0, 0.05) is 6.54 Å². The van der Waals surface area contributed by atoms with E-state index in [2.05, 4.69) is 5.32 Å². The first-order valence-electron chi connectivity index (χ1n) is 8.03. The molecule has 140 valence electrons. The lowest BCUT2D eigenvalue weighted by Gasteiger charge is -2.35. The van der Waals surface area contributed by atoms with Crippen molar-refractivity contribution in [1.82, 2.24) is 10.2 Å². The topological polar surface area (TPSA) is 41.6 Å². The second-order valence-corrected chi connectivity index (χ2v) is 7.12. The molecule has 0 radical (unpaired) electrons. The summed E-state index contributed by atoms with van der Waals surface area (Å²) in [5, 5.41) is 2.56. The molecule has 1 saturated heterocycles. The fourth-order valence-electron chi connectivity index (χ4n) is 2.48. The number of alkyl halides is 3. The van der Waals surface area contributed by atoms with Gasteiger partial charge >= 0.3 is 12.3 Å². The van der Waals surface area contributed by atoms with Crippen LogP contribution in [0.2, 0.25) is 0 Å². The van der Waals surface area contributed by atoms with E-state index in [1.165, 1.54) is 0 Å². The van der Waals surface area contributed by atoms with Crippen LogP contribution in [0.5, 0.6) is 0 Å². The van der Waals surface area contributed by atoms with E-state index in [1.807, 2.05) is 4.90 Å². The first kappa shape index (κ1) is 19.5. The van der Waals surface area contributed by atoms with Crippen LogP contribution in [-0.2, 0) is 10.9 Å². The Labute approximate surface area is 144 Å². The van der Waals surface area contributed by atoms with Crippen molar-refractivity contribution in [3.8, 4) is 0 Å². The van der Waals surface area contributed by atoms with Crippen LogP contribution in [0.3, 0.4) is 0 Å². The smallest absolute Gasteiger partial charge is 0.416 e. The second-order valence-electron chi connectivity index (χ2n) is 7.12. The van der Waals surface area contributed by atoms with E-state index in [0.29, 0.717) is 12.6 Å². The summed E-state index contributed by atoms with van der Waals surface area (Å²) in [6, 6.07) is 1.52. The van der Waals surface area contributed by atoms with Gasteiger partial charge in [0.1, 0.15) is 11.4 Å². The average Bonchev–Trinajstić information content (AvgIpc) is 2.37. The van der Waals surface area contributed by atoms with E-state index in [1.54, 1.807) is 20.8 Å². The van der Waals surface area contributed by atoms with Gasteiger partial charge in [-0.25, -0.2) is 9.18 Å². The maximum Gasteiger partial charge on any atom is 0.416 e. The van der Waals surface area contributed by atoms with Crippen LogP contribution in [0.25, 0.3) is 0 Å². The summed E-state index contributed by atoms with van der Waals surface area (Å²) in [6.07, 6.45) is -4.43. The lowest BCUT2D eigenvalue weighted by Crippen LogP contribution is -2.45. The van der Waals surface area contributed by atoms with Crippen LogP contribution < -0.4 is 5.32 Å². The summed E-state index contributed by atoms with van der Waals surface area (Å²) < 4.78 is 57.7. The number of nitrogens with one attached hydrogen (secondary N) is 1. The van der Waals surface area contributed by atoms with Gasteiger partial charge in [0.05, 0.1) is 11.6 Å². The Bertz CT molecular complexity index is 622. The van der Waals surface area contributed by atoms with Gasteiger partial charge in [-0.3, -0.25) is 0 Å². The van der Waals surface area contributed by atoms with Gasteiger partial charge in [0.2, 0.25) is 0 Å². The molecule has 1 fully saturated rings. The van der Waals surface area contributed by atoms with Crippen molar-refractivity contribution < 1.29 is 27.1 Å². The molecule has 0 bridgehead atoms. The molecule has 1 aromatic rings. The summed E-state index contributed by atoms with van der Waals surface area (Å²) in [5.41, 5.74) is -1.77. The third-order valence-electron chi connectivity index (χ3n) is 3.73. The van der Waals surface area contributed by atoms with Crippen LogP contribution in [0.1, 0.15) is 44.4 Å². The van der Waals surface area contributed by atoms with Crippen molar-refractivity contribution in [1.29, 1.82) is 0 Å². The minimum Gasteiger partial charge on any atom is -0.444 e. The fourth-order valence-corrected chi connectivity index (χ4v) is 2.48. The van der Waals surface area contributed by atoms with E-state index in [4.69, 9.17) is 4.74 Å². The number of hydrogen-bond donors (Lipinski definition) is 1. The van der Waals surface area contributed by atoms with Gasteiger partial charge in [0.15, 0.2) is 0 Å². The molecular weight excluding hydrogens is 340 g/mol. The Morgan fingerprint density at radius 2 is 1.88 bits per heavy atom. The zero-order valence-electron chi connectivity index (χ0n) is 14.4. The van der Waals surface area contributed by atoms with Crippen molar-refractivity contribution in [3.05, 3.63) is 35.1 Å². The molecule has 1 N–H and O–H groups in total. The minimum absolute atomic E-state index is 0.0603. The van der Waals surface area contributed by atoms with Gasteiger partial charge in [-0.05, 0) is 64.0 Å². The van der Waals surface area contributed by atoms with Crippen molar-refractivity contribution in [2.45, 2.75) is 45.0 Å². The maximum atomic E-state index is 13.7. The lowest BCUT2D eigenvalue weighted by atomic mass is 10.0. The van der Waals surface area contributed by atoms with E-state index in [0.717, 1.165) is 31.6 Å². The van der Waals surface area contributed by atoms with Crippen molar-refractivity contribution in [2.75, 3.05) is 19.6 Å². The van der Waals surface area contributed by atoms with Crippen LogP contribution in [0.4, 0.5) is 22.4 Å². The summed E-state index contributed by atoms with van der Waals surface area (Å²) in [6.45, 7) is 6.91. The van der Waals surface area contributed by atoms with Gasteiger partial charge in [-0.15, -0.1) is 0 Å². The highest BCUT2D eigenvalue weighted by Crippen LogP contribution is 2.32. The number of benzene rings is 1. The predicted octanol–water partition coefficient (Wildman–Crippen LogP) is 4.12. The quantitative estimate of drug-likeness (QED) is 0.820. The third kappa shape index (κ3) is 5.88. The monoisotopic (exact) mass is 362 g/mol. The Morgan fingerprint density at radius 3 is 2.36 bits per heavy atom. The highest BCUT2D eigenvalue weighted by molar-refractivity contribution is 5.68. The zero-order valence-corrected chi connectivity index (χ0v) is 14.4. The molecule has 0 spiro atoms. The van der Waals surface area contributed by atoms with E-state index in [9.17, 15) is 22.4 Å². The molecule has 1 heterocycles. The highest BCUT2D eigenvalue weighted by atomic mass is 19.4. The first-order valence-corrected chi connectivity index (χ1v) is 8.03. The van der Waals surface area contributed by atoms with E-state index < -0.39 is 35.3 Å². The molecule has 1 aliphatic rings. The Hall–Kier alpha value is -1.83. The number of carbonyl (C=O) groups excluding carboxylic acids is 1. The van der Waals surface area contributed by atoms with Crippen LogP contribution >= 0.6 is 0 Å². The minimum atomic E-state index is -4.66. The normalized spacial score (nSPS) is 16.9. The number of alkyl carbamates (subject to hydrolysis) is 1. The number of halogens is 4. The molecule has 1 aromatic carbocycles. The Morgan fingerprint density at radius 1 is 1.24 bits per heavy atom. The number of amides is 1. The van der Waals surface area contributed by atoms with Gasteiger partial charge in [0.25, 0.3) is 0 Å². The summed E-state index contributed by atoms with van der Waals surface area (Å²) in [4.78, 5) is 14.0. The average molecular weight is 362 g/mol. The number of nitrogens with zero attached hydrogens (tertiary/aromatic N) is 1. The third-order valence-corrected chi connectivity index (χ3v) is 3.73. The summed E-state index contributed by atoms with van der Waals surface area (Å²) in [5.74, 6) is -0.996. The Kier molecular flexibility index (Phi) is 5.61. The molecule has 2 rings (SSSR count). The summed E-state index contributed by atoms with van der Waals surface area (Å²) in [7, 11) is 0. The standard InChI is InChI=1S/C17H22F4N2O2/c1-16(2,3)25-15(24)22-14(10-23-5-4-6-23)11-7-12(17(19,20)21)9-13(18)8-11/h7-9,14H,4-6,10H2,1-3H3,(H,22,24)/t14-/m1/s1. The van der Waals surface area contributed by atoms with Crippen LogP contribution in [0.15, 0.2) is 18.2 Å². The fraction of sp³-hybridized carbons (Fsp3) is 0.588. The van der Waals surface area contributed by atoms with Gasteiger partial charge in [-0.1, -0.05) is 0 Å². The second kappa shape index (κ2) is 7.19. The van der Waals surface area contributed by atoms with Gasteiger partial charge in [-0.2, -0.15) is 13.2 Å². The van der Waals surface area contributed by atoms with Crippen LogP contribution in [0, 0.1) is 5.82 Å². The van der Waals surface area contributed by atoms with E-state index >= 15 is 0 Å². The first-order chi connectivity index (χ1) is 11.4. The molecule has 1 aliphatic heterocycles. The molecule has 0 unspecified atom stereocenters. The number of rotatable bonds is 4. The SMILES string of the molecule is CC(C)(C)OC(=O)N[C@H](CN1CCC1)c1cc(F)cc(C(F)(F)F)c1. The van der Waals surface area contributed by atoms with Crippen LogP contribution in [-0.4, -0.2) is 36.2 Å². The molecule has 0 aliphatic carbocycles. The molecular formula is C17H22F4N2O2. The molecule has 1 atom stereocenters. The number of carbonyl (C=O) groups is 1. The molecule has 8 heteroatoms. The molecule has 1 amide bonds. The molecule has 4 nitrogen and oxygen atoms in total. The molecule has 0 saturated carbocycles. The van der Waals surface area contributed by atoms with E-state index in [-0.39, 0.29) is 5.56 Å². The predicted molar refractivity (Wildman–Crippen MR) is 84.6 cm³/mol. The number of ether oxygens (including phenoxy) is 1. The Balaban J connectivity index is 2.25. The largest absolute Gasteiger partial charge is 0.444 e. The van der Waals surface area contributed by atoms with Crippen molar-refractivity contribution >= 4 is 6.09 Å². The lowest BCUT2D eigenvalue weighted by molar-refractivity contribution is -0.137. The zero-order chi connectivity index (χ0) is 18.8. The number of likely N-dealkylation sites (tertiary alicyclic amines) is 1. The van der Waals surface area contributed by atoms with Gasteiger partial charge < -0.3 is 15.0 Å².